The molecule has 200 valence electrons. The molecule has 0 radical (unpaired) electrons. The Labute approximate surface area is 235 Å². The lowest BCUT2D eigenvalue weighted by Crippen LogP contribution is -2.24. The van der Waals surface area contributed by atoms with E-state index >= 15 is 0 Å². The van der Waals surface area contributed by atoms with Gasteiger partial charge in [0.15, 0.2) is 11.4 Å². The van der Waals surface area contributed by atoms with Crippen LogP contribution in [0, 0.1) is 0 Å². The minimum atomic E-state index is -0.416. The van der Waals surface area contributed by atoms with Crippen molar-refractivity contribution in [1.29, 1.82) is 0 Å². The summed E-state index contributed by atoms with van der Waals surface area (Å²) in [5.41, 5.74) is 3.96. The molecule has 2 heterocycles. The van der Waals surface area contributed by atoms with E-state index in [2.05, 4.69) is 21.8 Å². The molecule has 0 fully saturated rings. The lowest BCUT2D eigenvalue weighted by molar-refractivity contribution is 0.0948. The highest BCUT2D eigenvalue weighted by Gasteiger charge is 2.18. The number of amides is 1. The number of rotatable bonds is 8. The molecule has 2 aromatic heterocycles. The minimum absolute atomic E-state index is 0.200. The molecule has 0 bridgehead atoms. The summed E-state index contributed by atoms with van der Waals surface area (Å²) in [4.78, 5) is 26.3. The van der Waals surface area contributed by atoms with Gasteiger partial charge in [-0.2, -0.15) is 9.78 Å². The number of nitrogens with zero attached hydrogens (tertiary/aromatic N) is 2. The number of carbonyl (C=O) groups excluding carboxylic acids is 1. The van der Waals surface area contributed by atoms with Gasteiger partial charge < -0.3 is 19.8 Å². The molecular formula is C31H25ClN4O4. The maximum absolute atomic E-state index is 13.7. The van der Waals surface area contributed by atoms with Gasteiger partial charge in [-0.05, 0) is 97.1 Å². The lowest BCUT2D eigenvalue weighted by Gasteiger charge is -2.15. The fraction of sp³-hybridized carbons (Fsp3) is 0.129. The number of benzene rings is 3. The molecule has 0 unspecified atom stereocenters. The molecule has 9 heteroatoms. The Hall–Kier alpha value is -4.82. The highest BCUT2D eigenvalue weighted by molar-refractivity contribution is 6.30. The van der Waals surface area contributed by atoms with E-state index in [9.17, 15) is 9.59 Å². The predicted octanol–water partition coefficient (Wildman–Crippen LogP) is 6.43. The Bertz CT molecular complexity index is 1730. The van der Waals surface area contributed by atoms with E-state index < -0.39 is 5.56 Å². The van der Waals surface area contributed by atoms with Crippen molar-refractivity contribution >= 4 is 28.9 Å². The van der Waals surface area contributed by atoms with Gasteiger partial charge in [-0.25, -0.2) is 0 Å². The number of aryl methyl sites for hydroxylation is 2. The summed E-state index contributed by atoms with van der Waals surface area (Å²) in [6.07, 6.45) is 6.27. The second kappa shape index (κ2) is 11.1. The predicted molar refractivity (Wildman–Crippen MR) is 153 cm³/mol. The number of halogens is 1. The third kappa shape index (κ3) is 5.48. The number of fused-ring (bicyclic) bond motifs is 1. The quantitative estimate of drug-likeness (QED) is 0.230. The second-order valence-corrected chi connectivity index (χ2v) is 9.87. The SMILES string of the molecule is O=C(NCc1ccco1)c1ccc(Nc2c(Oc3ccc4c(c3)CCC4)cnn(-c3cccc(Cl)c3)c2=O)cc1. The molecule has 0 aliphatic heterocycles. The van der Waals surface area contributed by atoms with Crippen LogP contribution in [-0.4, -0.2) is 15.7 Å². The molecule has 3 aromatic carbocycles. The number of hydrogen-bond donors (Lipinski definition) is 2. The Morgan fingerprint density at radius 3 is 2.65 bits per heavy atom. The first-order valence-corrected chi connectivity index (χ1v) is 13.3. The van der Waals surface area contributed by atoms with Crippen LogP contribution in [0.25, 0.3) is 5.69 Å². The van der Waals surface area contributed by atoms with Gasteiger partial charge >= 0.3 is 0 Å². The molecule has 0 spiro atoms. The first-order valence-electron chi connectivity index (χ1n) is 12.9. The molecule has 8 nitrogen and oxygen atoms in total. The van der Waals surface area contributed by atoms with Gasteiger partial charge in [-0.3, -0.25) is 9.59 Å². The molecule has 2 N–H and O–H groups in total. The molecule has 1 amide bonds. The van der Waals surface area contributed by atoms with Crippen molar-refractivity contribution in [2.75, 3.05) is 5.32 Å². The van der Waals surface area contributed by atoms with Gasteiger partial charge in [0.1, 0.15) is 11.5 Å². The fourth-order valence-electron chi connectivity index (χ4n) is 4.69. The van der Waals surface area contributed by atoms with E-state index in [1.807, 2.05) is 12.1 Å². The van der Waals surface area contributed by atoms with Crippen LogP contribution < -0.4 is 20.9 Å². The monoisotopic (exact) mass is 552 g/mol. The maximum atomic E-state index is 13.7. The van der Waals surface area contributed by atoms with E-state index in [1.165, 1.54) is 22.0 Å². The normalized spacial score (nSPS) is 12.1. The van der Waals surface area contributed by atoms with Crippen molar-refractivity contribution in [1.82, 2.24) is 15.1 Å². The highest BCUT2D eigenvalue weighted by atomic mass is 35.5. The Kier molecular flexibility index (Phi) is 7.08. The molecule has 0 atom stereocenters. The summed E-state index contributed by atoms with van der Waals surface area (Å²) in [7, 11) is 0. The van der Waals surface area contributed by atoms with E-state index in [0.29, 0.717) is 33.5 Å². The molecule has 6 rings (SSSR count). The zero-order valence-electron chi connectivity index (χ0n) is 21.4. The van der Waals surface area contributed by atoms with Gasteiger partial charge in [-0.1, -0.05) is 23.7 Å². The zero-order chi connectivity index (χ0) is 27.5. The van der Waals surface area contributed by atoms with Crippen LogP contribution in [0.3, 0.4) is 0 Å². The summed E-state index contributed by atoms with van der Waals surface area (Å²) < 4.78 is 12.7. The van der Waals surface area contributed by atoms with Gasteiger partial charge in [0.05, 0.1) is 24.7 Å². The van der Waals surface area contributed by atoms with Gasteiger partial charge in [-0.15, -0.1) is 0 Å². The van der Waals surface area contributed by atoms with E-state index in [0.717, 1.165) is 19.3 Å². The number of hydrogen-bond acceptors (Lipinski definition) is 6. The fourth-order valence-corrected chi connectivity index (χ4v) is 4.88. The number of carbonyl (C=O) groups is 1. The van der Waals surface area contributed by atoms with Crippen LogP contribution in [0.1, 0.15) is 33.7 Å². The Morgan fingerprint density at radius 2 is 1.85 bits per heavy atom. The van der Waals surface area contributed by atoms with Crippen LogP contribution in [-0.2, 0) is 19.4 Å². The first-order chi connectivity index (χ1) is 19.5. The third-order valence-electron chi connectivity index (χ3n) is 6.71. The van der Waals surface area contributed by atoms with E-state index in [1.54, 1.807) is 66.9 Å². The van der Waals surface area contributed by atoms with Crippen molar-refractivity contribution in [2.45, 2.75) is 25.8 Å². The molecule has 40 heavy (non-hydrogen) atoms. The molecule has 1 aliphatic rings. The third-order valence-corrected chi connectivity index (χ3v) is 6.95. The number of nitrogens with one attached hydrogen (secondary N) is 2. The van der Waals surface area contributed by atoms with Gasteiger partial charge in [0.2, 0.25) is 0 Å². The average Bonchev–Trinajstić information content (AvgIpc) is 3.66. The summed E-state index contributed by atoms with van der Waals surface area (Å²) in [5, 5.41) is 10.8. The summed E-state index contributed by atoms with van der Waals surface area (Å²) in [6, 6.07) is 23.3. The molecule has 0 saturated carbocycles. The molecular weight excluding hydrogens is 528 g/mol. The van der Waals surface area contributed by atoms with Crippen LogP contribution in [0.15, 0.2) is 101 Å². The average molecular weight is 553 g/mol. The zero-order valence-corrected chi connectivity index (χ0v) is 22.1. The van der Waals surface area contributed by atoms with Crippen LogP contribution in [0.4, 0.5) is 11.4 Å². The number of ether oxygens (including phenoxy) is 1. The molecule has 0 saturated heterocycles. The highest BCUT2D eigenvalue weighted by Crippen LogP contribution is 2.32. The summed E-state index contributed by atoms with van der Waals surface area (Å²) in [6.45, 7) is 0.287. The van der Waals surface area contributed by atoms with E-state index in [-0.39, 0.29) is 23.9 Å². The number of furan rings is 1. The van der Waals surface area contributed by atoms with E-state index in [4.69, 9.17) is 20.8 Å². The second-order valence-electron chi connectivity index (χ2n) is 9.43. The van der Waals surface area contributed by atoms with Crippen molar-refractivity contribution < 1.29 is 13.9 Å². The molecule has 5 aromatic rings. The van der Waals surface area contributed by atoms with Crippen molar-refractivity contribution in [3.05, 3.63) is 129 Å². The van der Waals surface area contributed by atoms with Crippen molar-refractivity contribution in [3.8, 4) is 17.2 Å². The van der Waals surface area contributed by atoms with Gasteiger partial charge in [0.25, 0.3) is 11.5 Å². The smallest absolute Gasteiger partial charge is 0.299 e. The van der Waals surface area contributed by atoms with Crippen LogP contribution in [0.5, 0.6) is 11.5 Å². The number of anilines is 2. The summed E-state index contributed by atoms with van der Waals surface area (Å²) >= 11 is 6.17. The topological polar surface area (TPSA) is 98.4 Å². The largest absolute Gasteiger partial charge is 0.467 e. The van der Waals surface area contributed by atoms with Crippen LogP contribution >= 0.6 is 11.6 Å². The van der Waals surface area contributed by atoms with Crippen LogP contribution in [0.2, 0.25) is 5.02 Å². The Balaban J connectivity index is 1.29. The van der Waals surface area contributed by atoms with Gasteiger partial charge in [0, 0.05) is 16.3 Å². The Morgan fingerprint density at radius 1 is 1.00 bits per heavy atom. The maximum Gasteiger partial charge on any atom is 0.299 e. The first kappa shape index (κ1) is 25.5. The minimum Gasteiger partial charge on any atom is -0.467 e. The summed E-state index contributed by atoms with van der Waals surface area (Å²) in [5.74, 6) is 1.34. The number of aromatic nitrogens is 2. The lowest BCUT2D eigenvalue weighted by atomic mass is 10.1. The molecule has 1 aliphatic carbocycles. The van der Waals surface area contributed by atoms with Crippen molar-refractivity contribution in [2.24, 2.45) is 0 Å². The standard InChI is InChI=1S/C31H25ClN4O4/c32-23-6-2-7-25(17-23)36-31(38)29(28(19-34-36)40-26-14-11-20-4-1-5-22(20)16-26)35-24-12-9-21(10-13-24)30(37)33-18-27-8-3-15-39-27/h2-3,6-17,19,35H,1,4-5,18H2,(H,33,37). The van der Waals surface area contributed by atoms with Crippen molar-refractivity contribution in [3.63, 3.8) is 0 Å².